The van der Waals surface area contributed by atoms with Gasteiger partial charge in [0.15, 0.2) is 0 Å². The van der Waals surface area contributed by atoms with Crippen LogP contribution in [-0.2, 0) is 9.78 Å². The van der Waals surface area contributed by atoms with Crippen LogP contribution in [0.1, 0.15) is 20.3 Å². The van der Waals surface area contributed by atoms with Crippen LogP contribution < -0.4 is 0 Å². The highest BCUT2D eigenvalue weighted by Gasteiger charge is 2.07. The summed E-state index contributed by atoms with van der Waals surface area (Å²) in [6.45, 7) is 3.86. The maximum absolute atomic E-state index is 4.82. The molecule has 1 rings (SSSR count). The van der Waals surface area contributed by atoms with Gasteiger partial charge in [-0.15, -0.1) is 0 Å². The van der Waals surface area contributed by atoms with Gasteiger partial charge in [-0.3, -0.25) is 0 Å². The number of allylic oxidation sites excluding steroid dienone is 1. The molecule has 1 unspecified atom stereocenters. The lowest BCUT2D eigenvalue weighted by molar-refractivity contribution is -0.297. The molecule has 0 aromatic heterocycles. The number of hydrogen-bond acceptors (Lipinski definition) is 2. The van der Waals surface area contributed by atoms with E-state index in [-0.39, 0.29) is 6.10 Å². The highest BCUT2D eigenvalue weighted by Crippen LogP contribution is 2.11. The minimum absolute atomic E-state index is 0.221. The maximum Gasteiger partial charge on any atom is 0.135 e. The molecule has 0 saturated heterocycles. The van der Waals surface area contributed by atoms with Gasteiger partial charge in [0.2, 0.25) is 0 Å². The monoisotopic (exact) mass is 114 g/mol. The zero-order chi connectivity index (χ0) is 5.98. The standard InChI is InChI=1S/C6H10O2/c1-5-3-4-6(2)8-7-5/h3,6H,4H2,1-2H3. The molecule has 0 amide bonds. The summed E-state index contributed by atoms with van der Waals surface area (Å²) in [6.07, 6.45) is 3.21. The molecule has 2 nitrogen and oxygen atoms in total. The molecular weight excluding hydrogens is 104 g/mol. The Morgan fingerprint density at radius 3 is 2.88 bits per heavy atom. The van der Waals surface area contributed by atoms with Crippen molar-refractivity contribution in [3.05, 3.63) is 11.8 Å². The quantitative estimate of drug-likeness (QED) is 0.445. The predicted octanol–water partition coefficient (Wildman–Crippen LogP) is 1.63. The van der Waals surface area contributed by atoms with E-state index in [1.54, 1.807) is 0 Å². The van der Waals surface area contributed by atoms with Gasteiger partial charge in [-0.25, -0.2) is 0 Å². The Labute approximate surface area is 49.0 Å². The van der Waals surface area contributed by atoms with Crippen LogP contribution >= 0.6 is 0 Å². The predicted molar refractivity (Wildman–Crippen MR) is 30.0 cm³/mol. The van der Waals surface area contributed by atoms with E-state index in [1.165, 1.54) is 0 Å². The van der Waals surface area contributed by atoms with Gasteiger partial charge in [0.05, 0.1) is 0 Å². The lowest BCUT2D eigenvalue weighted by atomic mass is 10.2. The zero-order valence-electron chi connectivity index (χ0n) is 5.18. The topological polar surface area (TPSA) is 18.5 Å². The Hall–Kier alpha value is -0.500. The van der Waals surface area contributed by atoms with E-state index in [2.05, 4.69) is 0 Å². The van der Waals surface area contributed by atoms with Crippen molar-refractivity contribution in [1.29, 1.82) is 0 Å². The second-order valence-corrected chi connectivity index (χ2v) is 2.04. The van der Waals surface area contributed by atoms with Gasteiger partial charge in [-0.2, -0.15) is 4.89 Å². The molecule has 1 aliphatic heterocycles. The summed E-state index contributed by atoms with van der Waals surface area (Å²) in [7, 11) is 0. The van der Waals surface area contributed by atoms with Gasteiger partial charge >= 0.3 is 0 Å². The van der Waals surface area contributed by atoms with Crippen LogP contribution in [0, 0.1) is 0 Å². The van der Waals surface area contributed by atoms with Crippen LogP contribution in [-0.4, -0.2) is 6.10 Å². The molecule has 0 bridgehead atoms. The van der Waals surface area contributed by atoms with Crippen molar-refractivity contribution in [1.82, 2.24) is 0 Å². The van der Waals surface area contributed by atoms with Crippen LogP contribution in [0.15, 0.2) is 11.8 Å². The normalized spacial score (nSPS) is 28.8. The molecule has 1 aliphatic rings. The number of hydrogen-bond donors (Lipinski definition) is 0. The van der Waals surface area contributed by atoms with Crippen LogP contribution in [0.2, 0.25) is 0 Å². The Morgan fingerprint density at radius 1 is 1.75 bits per heavy atom. The van der Waals surface area contributed by atoms with Crippen molar-refractivity contribution in [3.63, 3.8) is 0 Å². The zero-order valence-corrected chi connectivity index (χ0v) is 5.18. The minimum Gasteiger partial charge on any atom is -0.342 e. The van der Waals surface area contributed by atoms with Crippen LogP contribution in [0.5, 0.6) is 0 Å². The van der Waals surface area contributed by atoms with Gasteiger partial charge in [-0.05, 0) is 26.3 Å². The van der Waals surface area contributed by atoms with Crippen LogP contribution in [0.3, 0.4) is 0 Å². The molecule has 0 N–H and O–H groups in total. The molecule has 0 radical (unpaired) electrons. The van der Waals surface area contributed by atoms with Gasteiger partial charge in [-0.1, -0.05) is 0 Å². The SMILES string of the molecule is CC1=CCC(C)OO1. The van der Waals surface area contributed by atoms with Crippen molar-refractivity contribution in [3.8, 4) is 0 Å². The first kappa shape index (κ1) is 5.63. The fraction of sp³-hybridized carbons (Fsp3) is 0.667. The molecule has 0 saturated carbocycles. The largest absolute Gasteiger partial charge is 0.342 e. The molecular formula is C6H10O2. The average molecular weight is 114 g/mol. The highest BCUT2D eigenvalue weighted by atomic mass is 17.2. The summed E-state index contributed by atoms with van der Waals surface area (Å²) in [6, 6.07) is 0. The maximum atomic E-state index is 4.82. The first-order valence-corrected chi connectivity index (χ1v) is 2.79. The summed E-state index contributed by atoms with van der Waals surface area (Å²) in [5, 5.41) is 0. The van der Waals surface area contributed by atoms with E-state index in [0.29, 0.717) is 0 Å². The summed E-state index contributed by atoms with van der Waals surface area (Å²) in [5.41, 5.74) is 0. The molecule has 0 fully saturated rings. The van der Waals surface area contributed by atoms with E-state index in [4.69, 9.17) is 9.78 Å². The molecule has 1 heterocycles. The van der Waals surface area contributed by atoms with Crippen molar-refractivity contribution < 1.29 is 9.78 Å². The van der Waals surface area contributed by atoms with E-state index >= 15 is 0 Å². The Balaban J connectivity index is 2.42. The Bertz CT molecular complexity index is 107. The van der Waals surface area contributed by atoms with E-state index in [9.17, 15) is 0 Å². The van der Waals surface area contributed by atoms with Crippen LogP contribution in [0.4, 0.5) is 0 Å². The summed E-state index contributed by atoms with van der Waals surface area (Å²) >= 11 is 0. The summed E-state index contributed by atoms with van der Waals surface area (Å²) < 4.78 is 0. The molecule has 8 heavy (non-hydrogen) atoms. The lowest BCUT2D eigenvalue weighted by Gasteiger charge is -2.15. The molecule has 0 aromatic carbocycles. The van der Waals surface area contributed by atoms with Crippen molar-refractivity contribution in [2.45, 2.75) is 26.4 Å². The Kier molecular flexibility index (Phi) is 1.53. The molecule has 2 heteroatoms. The smallest absolute Gasteiger partial charge is 0.135 e. The summed E-state index contributed by atoms with van der Waals surface area (Å²) in [4.78, 5) is 9.57. The molecule has 0 spiro atoms. The second kappa shape index (κ2) is 2.18. The van der Waals surface area contributed by atoms with Crippen LogP contribution in [0.25, 0.3) is 0 Å². The van der Waals surface area contributed by atoms with Crippen molar-refractivity contribution in [2.75, 3.05) is 0 Å². The summed E-state index contributed by atoms with van der Waals surface area (Å²) in [5.74, 6) is 0.864. The van der Waals surface area contributed by atoms with Gasteiger partial charge in [0.25, 0.3) is 0 Å². The molecule has 1 atom stereocenters. The van der Waals surface area contributed by atoms with E-state index in [1.807, 2.05) is 19.9 Å². The molecule has 0 aromatic rings. The first-order chi connectivity index (χ1) is 3.79. The molecule has 0 aliphatic carbocycles. The van der Waals surface area contributed by atoms with Gasteiger partial charge in [0, 0.05) is 0 Å². The van der Waals surface area contributed by atoms with Crippen molar-refractivity contribution in [2.24, 2.45) is 0 Å². The van der Waals surface area contributed by atoms with E-state index < -0.39 is 0 Å². The third-order valence-corrected chi connectivity index (χ3v) is 1.08. The van der Waals surface area contributed by atoms with E-state index in [0.717, 1.165) is 12.2 Å². The fourth-order valence-corrected chi connectivity index (χ4v) is 0.563. The number of rotatable bonds is 0. The molecule has 46 valence electrons. The minimum atomic E-state index is 0.221. The van der Waals surface area contributed by atoms with Crippen molar-refractivity contribution >= 4 is 0 Å². The highest BCUT2D eigenvalue weighted by molar-refractivity contribution is 4.90. The first-order valence-electron chi connectivity index (χ1n) is 2.79. The Morgan fingerprint density at radius 2 is 2.50 bits per heavy atom. The lowest BCUT2D eigenvalue weighted by Crippen LogP contribution is -2.11. The second-order valence-electron chi connectivity index (χ2n) is 2.04. The van der Waals surface area contributed by atoms with Gasteiger partial charge < -0.3 is 4.89 Å². The van der Waals surface area contributed by atoms with Gasteiger partial charge in [0.1, 0.15) is 11.9 Å². The third-order valence-electron chi connectivity index (χ3n) is 1.08. The fourth-order valence-electron chi connectivity index (χ4n) is 0.563. The average Bonchev–Trinajstić information content (AvgIpc) is 1.77. The third kappa shape index (κ3) is 1.23.